The number of hydrogen-bond acceptors (Lipinski definition) is 2. The van der Waals surface area contributed by atoms with Crippen molar-refractivity contribution in [2.24, 2.45) is 5.73 Å². The van der Waals surface area contributed by atoms with Crippen molar-refractivity contribution in [3.63, 3.8) is 0 Å². The van der Waals surface area contributed by atoms with Gasteiger partial charge in [-0.2, -0.15) is 0 Å². The third-order valence-electron chi connectivity index (χ3n) is 3.13. The summed E-state index contributed by atoms with van der Waals surface area (Å²) in [6.45, 7) is 1.90. The molecule has 2 nitrogen and oxygen atoms in total. The molecular weight excluding hydrogens is 229 g/mol. The fraction of sp³-hybridized carbons (Fsp3) is 0.200. The highest BCUT2D eigenvalue weighted by Crippen LogP contribution is 2.27. The van der Waals surface area contributed by atoms with Crippen LogP contribution in [0.5, 0.6) is 5.75 Å². The van der Waals surface area contributed by atoms with Gasteiger partial charge in [-0.3, -0.25) is 0 Å². The van der Waals surface area contributed by atoms with Crippen LogP contribution in [0.1, 0.15) is 18.1 Å². The summed E-state index contributed by atoms with van der Waals surface area (Å²) in [4.78, 5) is 0. The highest BCUT2D eigenvalue weighted by molar-refractivity contribution is 5.39. The van der Waals surface area contributed by atoms with Crippen molar-refractivity contribution < 1.29 is 9.13 Å². The second-order valence-electron chi connectivity index (χ2n) is 4.44. The maximum absolute atomic E-state index is 12.9. The second-order valence-corrected chi connectivity index (χ2v) is 4.44. The molecular formula is C15H16FNO. The number of methoxy groups -OCH3 is 1. The van der Waals surface area contributed by atoms with E-state index in [4.69, 9.17) is 10.5 Å². The van der Waals surface area contributed by atoms with E-state index < -0.39 is 5.54 Å². The van der Waals surface area contributed by atoms with Crippen molar-refractivity contribution in [2.45, 2.75) is 12.5 Å². The van der Waals surface area contributed by atoms with Crippen LogP contribution in [0.15, 0.2) is 48.5 Å². The van der Waals surface area contributed by atoms with Crippen LogP contribution < -0.4 is 10.5 Å². The number of halogens is 1. The monoisotopic (exact) mass is 245 g/mol. The van der Waals surface area contributed by atoms with E-state index in [1.54, 1.807) is 19.2 Å². The van der Waals surface area contributed by atoms with Gasteiger partial charge in [0, 0.05) is 0 Å². The van der Waals surface area contributed by atoms with E-state index in [0.717, 1.165) is 16.9 Å². The van der Waals surface area contributed by atoms with Gasteiger partial charge in [-0.1, -0.05) is 24.3 Å². The number of hydrogen-bond donors (Lipinski definition) is 1. The first-order valence-electron chi connectivity index (χ1n) is 5.73. The van der Waals surface area contributed by atoms with Crippen molar-refractivity contribution in [2.75, 3.05) is 7.11 Å². The quantitative estimate of drug-likeness (QED) is 0.902. The third kappa shape index (κ3) is 2.36. The summed E-state index contributed by atoms with van der Waals surface area (Å²) in [5.41, 5.74) is 7.51. The van der Waals surface area contributed by atoms with E-state index in [9.17, 15) is 4.39 Å². The fourth-order valence-corrected chi connectivity index (χ4v) is 1.90. The van der Waals surface area contributed by atoms with Crippen molar-refractivity contribution in [3.05, 3.63) is 65.5 Å². The van der Waals surface area contributed by atoms with Gasteiger partial charge in [0.2, 0.25) is 0 Å². The Morgan fingerprint density at radius 3 is 1.83 bits per heavy atom. The Hall–Kier alpha value is -1.87. The summed E-state index contributed by atoms with van der Waals surface area (Å²) in [7, 11) is 1.62. The smallest absolute Gasteiger partial charge is 0.123 e. The van der Waals surface area contributed by atoms with Gasteiger partial charge < -0.3 is 10.5 Å². The molecule has 0 aliphatic heterocycles. The van der Waals surface area contributed by atoms with Crippen LogP contribution in [0, 0.1) is 5.82 Å². The second kappa shape index (κ2) is 4.78. The maximum Gasteiger partial charge on any atom is 0.123 e. The largest absolute Gasteiger partial charge is 0.497 e. The molecule has 0 aromatic heterocycles. The van der Waals surface area contributed by atoms with Crippen LogP contribution in [-0.2, 0) is 5.54 Å². The first-order chi connectivity index (χ1) is 8.54. The fourth-order valence-electron chi connectivity index (χ4n) is 1.90. The topological polar surface area (TPSA) is 35.2 Å². The Labute approximate surface area is 106 Å². The molecule has 2 N–H and O–H groups in total. The molecule has 0 saturated carbocycles. The summed E-state index contributed by atoms with van der Waals surface area (Å²) in [5.74, 6) is 0.526. The average molecular weight is 245 g/mol. The van der Waals surface area contributed by atoms with Crippen LogP contribution in [0.25, 0.3) is 0 Å². The Balaban J connectivity index is 2.37. The lowest BCUT2D eigenvalue weighted by Crippen LogP contribution is -2.34. The van der Waals surface area contributed by atoms with Crippen LogP contribution >= 0.6 is 0 Å². The van der Waals surface area contributed by atoms with E-state index in [0.29, 0.717) is 0 Å². The van der Waals surface area contributed by atoms with Gasteiger partial charge in [-0.15, -0.1) is 0 Å². The molecule has 94 valence electrons. The average Bonchev–Trinajstić information content (AvgIpc) is 2.39. The molecule has 0 saturated heterocycles. The third-order valence-corrected chi connectivity index (χ3v) is 3.13. The Morgan fingerprint density at radius 2 is 1.39 bits per heavy atom. The minimum absolute atomic E-state index is 0.260. The number of ether oxygens (including phenoxy) is 1. The molecule has 0 amide bonds. The maximum atomic E-state index is 12.9. The molecule has 0 aliphatic carbocycles. The molecule has 0 bridgehead atoms. The first kappa shape index (κ1) is 12.6. The van der Waals surface area contributed by atoms with E-state index in [-0.39, 0.29) is 5.82 Å². The molecule has 0 aliphatic rings. The first-order valence-corrected chi connectivity index (χ1v) is 5.73. The summed E-state index contributed by atoms with van der Waals surface area (Å²) >= 11 is 0. The van der Waals surface area contributed by atoms with E-state index in [1.165, 1.54) is 12.1 Å². The van der Waals surface area contributed by atoms with Crippen molar-refractivity contribution in [3.8, 4) is 5.75 Å². The molecule has 0 radical (unpaired) electrons. The zero-order valence-electron chi connectivity index (χ0n) is 10.5. The molecule has 2 rings (SSSR count). The van der Waals surface area contributed by atoms with Gasteiger partial charge in [-0.05, 0) is 42.3 Å². The molecule has 0 heterocycles. The lowest BCUT2D eigenvalue weighted by atomic mass is 9.86. The van der Waals surface area contributed by atoms with Crippen molar-refractivity contribution >= 4 is 0 Å². The zero-order valence-corrected chi connectivity index (χ0v) is 10.5. The standard InChI is InChI=1S/C15H16FNO/c1-15(17,11-3-7-13(16)8-4-11)12-5-9-14(18-2)10-6-12/h3-10H,17H2,1-2H3. The minimum atomic E-state index is -0.653. The molecule has 0 spiro atoms. The van der Waals surface area contributed by atoms with Crippen LogP contribution in [0.3, 0.4) is 0 Å². The van der Waals surface area contributed by atoms with E-state index in [1.807, 2.05) is 31.2 Å². The number of nitrogens with two attached hydrogens (primary N) is 1. The molecule has 2 aromatic rings. The lowest BCUT2D eigenvalue weighted by Gasteiger charge is -2.26. The normalized spacial score (nSPS) is 14.0. The molecule has 1 atom stereocenters. The molecule has 2 aromatic carbocycles. The Morgan fingerprint density at radius 1 is 0.944 bits per heavy atom. The van der Waals surface area contributed by atoms with E-state index in [2.05, 4.69) is 0 Å². The highest BCUT2D eigenvalue weighted by Gasteiger charge is 2.23. The highest BCUT2D eigenvalue weighted by atomic mass is 19.1. The predicted octanol–water partition coefficient (Wildman–Crippen LogP) is 3.06. The predicted molar refractivity (Wildman–Crippen MR) is 70.0 cm³/mol. The summed E-state index contributed by atoms with van der Waals surface area (Å²) in [6, 6.07) is 13.8. The Bertz CT molecular complexity index is 517. The van der Waals surface area contributed by atoms with Gasteiger partial charge >= 0.3 is 0 Å². The Kier molecular flexibility index (Phi) is 3.34. The van der Waals surface area contributed by atoms with Gasteiger partial charge in [0.15, 0.2) is 0 Å². The van der Waals surface area contributed by atoms with Gasteiger partial charge in [-0.25, -0.2) is 4.39 Å². The summed E-state index contributed by atoms with van der Waals surface area (Å²) in [6.07, 6.45) is 0. The summed E-state index contributed by atoms with van der Waals surface area (Å²) < 4.78 is 18.0. The minimum Gasteiger partial charge on any atom is -0.497 e. The number of rotatable bonds is 3. The SMILES string of the molecule is COc1ccc(C(C)(N)c2ccc(F)cc2)cc1. The lowest BCUT2D eigenvalue weighted by molar-refractivity contribution is 0.414. The van der Waals surface area contributed by atoms with Crippen molar-refractivity contribution in [1.29, 1.82) is 0 Å². The molecule has 3 heteroatoms. The van der Waals surface area contributed by atoms with Crippen LogP contribution in [0.4, 0.5) is 4.39 Å². The van der Waals surface area contributed by atoms with Gasteiger partial charge in [0.05, 0.1) is 12.6 Å². The zero-order chi connectivity index (χ0) is 13.2. The van der Waals surface area contributed by atoms with Crippen LogP contribution in [0.2, 0.25) is 0 Å². The van der Waals surface area contributed by atoms with Crippen molar-refractivity contribution in [1.82, 2.24) is 0 Å². The molecule has 0 fully saturated rings. The van der Waals surface area contributed by atoms with Gasteiger partial charge in [0.25, 0.3) is 0 Å². The number of benzene rings is 2. The summed E-state index contributed by atoms with van der Waals surface area (Å²) in [5, 5.41) is 0. The van der Waals surface area contributed by atoms with Gasteiger partial charge in [0.1, 0.15) is 11.6 Å². The van der Waals surface area contributed by atoms with Crippen LogP contribution in [-0.4, -0.2) is 7.11 Å². The molecule has 1 unspecified atom stereocenters. The molecule has 18 heavy (non-hydrogen) atoms. The van der Waals surface area contributed by atoms with E-state index >= 15 is 0 Å².